The molecule has 0 saturated carbocycles. The number of hydrogen-bond donors (Lipinski definition) is 1. The molecule has 0 radical (unpaired) electrons. The van der Waals surface area contributed by atoms with Crippen LogP contribution in [0.2, 0.25) is 0 Å². The summed E-state index contributed by atoms with van der Waals surface area (Å²) < 4.78 is 5.50. The number of ether oxygens (including phenoxy) is 1. The predicted molar refractivity (Wildman–Crippen MR) is 146 cm³/mol. The average Bonchev–Trinajstić information content (AvgIpc) is 2.91. The lowest BCUT2D eigenvalue weighted by atomic mass is 9.99. The third kappa shape index (κ3) is 6.73. The van der Waals surface area contributed by atoms with Gasteiger partial charge in [-0.2, -0.15) is 5.26 Å². The van der Waals surface area contributed by atoms with Gasteiger partial charge in [0.05, 0.1) is 6.07 Å². The van der Waals surface area contributed by atoms with Gasteiger partial charge in [0.1, 0.15) is 18.2 Å². The van der Waals surface area contributed by atoms with Crippen LogP contribution in [0.4, 0.5) is 16.2 Å². The van der Waals surface area contributed by atoms with Gasteiger partial charge in [-0.1, -0.05) is 24.3 Å². The standard InChI is InChI=1S/C29H37N5O3/c1-29(2,3)37-28(36)33-20-18-32(19-21-33)24-11-7-22(8-12-24)23-9-13-25(14-10-23)34-17-5-4-6-26(34)27(35)31-16-15-30/h7-14,26H,4-6,16-21H2,1-3H3,(H,31,35). The van der Waals surface area contributed by atoms with Crippen molar-refractivity contribution in [2.75, 3.05) is 49.1 Å². The first-order valence-electron chi connectivity index (χ1n) is 13.1. The number of piperazine rings is 1. The van der Waals surface area contributed by atoms with Gasteiger partial charge in [-0.25, -0.2) is 4.79 Å². The van der Waals surface area contributed by atoms with Crippen molar-refractivity contribution >= 4 is 23.4 Å². The molecule has 2 aliphatic heterocycles. The molecule has 0 spiro atoms. The van der Waals surface area contributed by atoms with Gasteiger partial charge < -0.3 is 24.8 Å². The Morgan fingerprint density at radius 3 is 2.08 bits per heavy atom. The molecule has 2 aromatic rings. The summed E-state index contributed by atoms with van der Waals surface area (Å²) in [6.45, 7) is 9.36. The highest BCUT2D eigenvalue weighted by atomic mass is 16.6. The number of anilines is 2. The molecule has 2 heterocycles. The van der Waals surface area contributed by atoms with E-state index >= 15 is 0 Å². The molecule has 8 heteroatoms. The van der Waals surface area contributed by atoms with Gasteiger partial charge in [-0.05, 0) is 75.4 Å². The number of nitrogens with zero attached hydrogens (tertiary/aromatic N) is 4. The maximum atomic E-state index is 12.6. The lowest BCUT2D eigenvalue weighted by Gasteiger charge is -2.36. The molecule has 0 aromatic heterocycles. The zero-order chi connectivity index (χ0) is 26.4. The van der Waals surface area contributed by atoms with Gasteiger partial charge in [0.15, 0.2) is 0 Å². The van der Waals surface area contributed by atoms with E-state index in [4.69, 9.17) is 10.00 Å². The van der Waals surface area contributed by atoms with Crippen molar-refractivity contribution in [3.63, 3.8) is 0 Å². The van der Waals surface area contributed by atoms with E-state index in [1.165, 1.54) is 0 Å². The molecule has 2 saturated heterocycles. The number of nitrogens with one attached hydrogen (secondary N) is 1. The minimum Gasteiger partial charge on any atom is -0.444 e. The molecule has 196 valence electrons. The van der Waals surface area contributed by atoms with Crippen molar-refractivity contribution < 1.29 is 14.3 Å². The minimum atomic E-state index is -0.482. The molecule has 0 aliphatic carbocycles. The van der Waals surface area contributed by atoms with Crippen LogP contribution in [-0.4, -0.2) is 67.8 Å². The Hall–Kier alpha value is -3.73. The molecule has 1 unspecified atom stereocenters. The van der Waals surface area contributed by atoms with Crippen molar-refractivity contribution in [2.24, 2.45) is 0 Å². The number of carbonyl (C=O) groups is 2. The summed E-state index contributed by atoms with van der Waals surface area (Å²) in [7, 11) is 0. The number of carbonyl (C=O) groups excluding carboxylic acids is 2. The van der Waals surface area contributed by atoms with Crippen molar-refractivity contribution in [3.05, 3.63) is 48.5 Å². The molecule has 1 atom stereocenters. The van der Waals surface area contributed by atoms with E-state index in [0.717, 1.165) is 61.4 Å². The molecule has 2 aromatic carbocycles. The first-order chi connectivity index (χ1) is 17.7. The first-order valence-corrected chi connectivity index (χ1v) is 13.1. The van der Waals surface area contributed by atoms with Gasteiger partial charge in [0.2, 0.25) is 5.91 Å². The summed E-state index contributed by atoms with van der Waals surface area (Å²) >= 11 is 0. The van der Waals surface area contributed by atoms with Crippen molar-refractivity contribution in [1.29, 1.82) is 5.26 Å². The molecule has 2 amide bonds. The second kappa shape index (κ2) is 11.5. The van der Waals surface area contributed by atoms with E-state index in [2.05, 4.69) is 63.6 Å². The Kier molecular flexibility index (Phi) is 8.22. The van der Waals surface area contributed by atoms with Crippen LogP contribution in [0, 0.1) is 11.3 Å². The maximum absolute atomic E-state index is 12.6. The molecular formula is C29H37N5O3. The van der Waals surface area contributed by atoms with E-state index in [1.807, 2.05) is 26.8 Å². The Bertz CT molecular complexity index is 1110. The second-order valence-corrected chi connectivity index (χ2v) is 10.6. The lowest BCUT2D eigenvalue weighted by Crippen LogP contribution is -2.50. The fraction of sp³-hybridized carbons (Fsp3) is 0.483. The van der Waals surface area contributed by atoms with Gasteiger partial charge in [0.25, 0.3) is 0 Å². The molecule has 2 aliphatic rings. The average molecular weight is 504 g/mol. The van der Waals surface area contributed by atoms with Crippen LogP contribution in [0.5, 0.6) is 0 Å². The number of nitriles is 1. The van der Waals surface area contributed by atoms with E-state index in [1.54, 1.807) is 4.90 Å². The highest BCUT2D eigenvalue weighted by Gasteiger charge is 2.29. The Labute approximate surface area is 219 Å². The highest BCUT2D eigenvalue weighted by Crippen LogP contribution is 2.29. The summed E-state index contributed by atoms with van der Waals surface area (Å²) in [6, 6.07) is 18.6. The van der Waals surface area contributed by atoms with E-state index in [9.17, 15) is 9.59 Å². The molecule has 8 nitrogen and oxygen atoms in total. The largest absolute Gasteiger partial charge is 0.444 e. The zero-order valence-electron chi connectivity index (χ0n) is 22.1. The Morgan fingerprint density at radius 2 is 1.51 bits per heavy atom. The SMILES string of the molecule is CC(C)(C)OC(=O)N1CCN(c2ccc(-c3ccc(N4CCCCC4C(=O)NCC#N)cc3)cc2)CC1. The van der Waals surface area contributed by atoms with E-state index in [0.29, 0.717) is 13.1 Å². The minimum absolute atomic E-state index is 0.0392. The fourth-order valence-electron chi connectivity index (χ4n) is 4.94. The molecule has 1 N–H and O–H groups in total. The summed E-state index contributed by atoms with van der Waals surface area (Å²) in [5.74, 6) is -0.0761. The summed E-state index contributed by atoms with van der Waals surface area (Å²) in [5, 5.41) is 11.5. The lowest BCUT2D eigenvalue weighted by molar-refractivity contribution is -0.122. The number of benzene rings is 2. The zero-order valence-corrected chi connectivity index (χ0v) is 22.1. The smallest absolute Gasteiger partial charge is 0.410 e. The van der Waals surface area contributed by atoms with Crippen molar-refractivity contribution in [2.45, 2.75) is 51.7 Å². The monoisotopic (exact) mass is 503 g/mol. The summed E-state index contributed by atoms with van der Waals surface area (Å²) in [4.78, 5) is 31.1. The van der Waals surface area contributed by atoms with Crippen LogP contribution in [-0.2, 0) is 9.53 Å². The third-order valence-electron chi connectivity index (χ3n) is 6.84. The topological polar surface area (TPSA) is 88.9 Å². The summed E-state index contributed by atoms with van der Waals surface area (Å²) in [5.41, 5.74) is 3.94. The predicted octanol–water partition coefficient (Wildman–Crippen LogP) is 4.41. The van der Waals surface area contributed by atoms with Gasteiger partial charge in [-0.3, -0.25) is 4.79 Å². The van der Waals surface area contributed by atoms with Crippen LogP contribution in [0.15, 0.2) is 48.5 Å². The van der Waals surface area contributed by atoms with Crippen LogP contribution >= 0.6 is 0 Å². The van der Waals surface area contributed by atoms with Crippen molar-refractivity contribution in [3.8, 4) is 17.2 Å². The van der Waals surface area contributed by atoms with Gasteiger partial charge in [-0.15, -0.1) is 0 Å². The van der Waals surface area contributed by atoms with Crippen LogP contribution in [0.3, 0.4) is 0 Å². The number of hydrogen-bond acceptors (Lipinski definition) is 6. The number of piperidine rings is 1. The maximum Gasteiger partial charge on any atom is 0.410 e. The van der Waals surface area contributed by atoms with Crippen LogP contribution in [0.1, 0.15) is 40.0 Å². The molecule has 4 rings (SSSR count). The Morgan fingerprint density at radius 1 is 0.919 bits per heavy atom. The molecular weight excluding hydrogens is 466 g/mol. The quantitative estimate of drug-likeness (QED) is 0.608. The first kappa shape index (κ1) is 26.3. The second-order valence-electron chi connectivity index (χ2n) is 10.6. The number of rotatable bonds is 5. The normalized spacial score (nSPS) is 18.2. The molecule has 2 fully saturated rings. The van der Waals surface area contributed by atoms with Crippen LogP contribution in [0.25, 0.3) is 11.1 Å². The van der Waals surface area contributed by atoms with E-state index in [-0.39, 0.29) is 24.6 Å². The number of amides is 2. The molecule has 37 heavy (non-hydrogen) atoms. The van der Waals surface area contributed by atoms with Crippen molar-refractivity contribution in [1.82, 2.24) is 10.2 Å². The van der Waals surface area contributed by atoms with E-state index < -0.39 is 5.60 Å². The summed E-state index contributed by atoms with van der Waals surface area (Å²) in [6.07, 6.45) is 2.62. The van der Waals surface area contributed by atoms with Gasteiger partial charge >= 0.3 is 6.09 Å². The molecule has 0 bridgehead atoms. The Balaban J connectivity index is 1.36. The van der Waals surface area contributed by atoms with Crippen LogP contribution < -0.4 is 15.1 Å². The highest BCUT2D eigenvalue weighted by molar-refractivity contribution is 5.86. The van der Waals surface area contributed by atoms with Gasteiger partial charge in [0, 0.05) is 44.1 Å². The fourth-order valence-corrected chi connectivity index (χ4v) is 4.94. The third-order valence-corrected chi connectivity index (χ3v) is 6.84.